The zero-order valence-corrected chi connectivity index (χ0v) is 21.1. The maximum Gasteiger partial charge on any atom is 0.573 e. The van der Waals surface area contributed by atoms with E-state index in [2.05, 4.69) is 4.74 Å². The summed E-state index contributed by atoms with van der Waals surface area (Å²) < 4.78 is 52.3. The fourth-order valence-corrected chi connectivity index (χ4v) is 4.62. The average molecular weight is 548 g/mol. The molecular formula is C27H21ClF3NO6. The van der Waals surface area contributed by atoms with E-state index in [0.29, 0.717) is 16.9 Å². The van der Waals surface area contributed by atoms with E-state index in [0.717, 1.165) is 17.0 Å². The zero-order chi connectivity index (χ0) is 27.8. The molecule has 1 saturated heterocycles. The van der Waals surface area contributed by atoms with Crippen LogP contribution in [-0.2, 0) is 9.59 Å². The number of benzene rings is 3. The predicted octanol–water partition coefficient (Wildman–Crippen LogP) is 6.19. The Morgan fingerprint density at radius 3 is 2.11 bits per heavy atom. The van der Waals surface area contributed by atoms with Crippen LogP contribution in [0.2, 0.25) is 5.02 Å². The van der Waals surface area contributed by atoms with Crippen molar-refractivity contribution in [2.24, 2.45) is 0 Å². The molecule has 0 aromatic heterocycles. The Hall–Kier alpha value is -4.18. The molecule has 198 valence electrons. The van der Waals surface area contributed by atoms with Crippen molar-refractivity contribution < 1.29 is 42.1 Å². The van der Waals surface area contributed by atoms with Crippen molar-refractivity contribution >= 4 is 34.7 Å². The minimum atomic E-state index is -4.90. The largest absolute Gasteiger partial charge is 0.573 e. The Morgan fingerprint density at radius 2 is 1.55 bits per heavy atom. The molecule has 1 aliphatic rings. The first-order valence-corrected chi connectivity index (χ1v) is 11.5. The van der Waals surface area contributed by atoms with Crippen LogP contribution in [0.4, 0.5) is 18.9 Å². The minimum absolute atomic E-state index is 0.0999. The molecule has 1 unspecified atom stereocenters. The highest BCUT2D eigenvalue weighted by Crippen LogP contribution is 2.45. The van der Waals surface area contributed by atoms with Gasteiger partial charge in [0, 0.05) is 5.69 Å². The summed E-state index contributed by atoms with van der Waals surface area (Å²) in [6, 6.07) is 12.9. The van der Waals surface area contributed by atoms with Crippen LogP contribution < -0.4 is 19.1 Å². The molecule has 0 bridgehead atoms. The van der Waals surface area contributed by atoms with Gasteiger partial charge in [0.15, 0.2) is 0 Å². The van der Waals surface area contributed by atoms with Crippen LogP contribution in [0, 0.1) is 6.92 Å². The fraction of sp³-hybridized carbons (Fsp3) is 0.185. The molecule has 0 saturated carbocycles. The second-order valence-electron chi connectivity index (χ2n) is 8.31. The van der Waals surface area contributed by atoms with Crippen molar-refractivity contribution in [3.8, 4) is 17.2 Å². The standard InChI is InChI=1S/C27H21ClF3NO6/c1-14-12-19(25(37-3)20(28)13-14)23(33)21-22(15-4-8-17(36-2)9-5-15)32(26(35)24(21)34)16-6-10-18(11-7-16)38-27(29,30)31/h4-13,22,33H,1-3H3/b23-21+. The van der Waals surface area contributed by atoms with Crippen LogP contribution in [0.3, 0.4) is 0 Å². The smallest absolute Gasteiger partial charge is 0.507 e. The summed E-state index contributed by atoms with van der Waals surface area (Å²) in [7, 11) is 2.82. The number of aliphatic hydroxyl groups excluding tert-OH is 1. The molecule has 11 heteroatoms. The Balaban J connectivity index is 1.92. The van der Waals surface area contributed by atoms with Gasteiger partial charge in [0.1, 0.15) is 23.0 Å². The number of hydrogen-bond donors (Lipinski definition) is 1. The van der Waals surface area contributed by atoms with Gasteiger partial charge in [-0.15, -0.1) is 13.2 Å². The fourth-order valence-electron chi connectivity index (χ4n) is 4.27. The van der Waals surface area contributed by atoms with Gasteiger partial charge < -0.3 is 19.3 Å². The number of hydrogen-bond acceptors (Lipinski definition) is 6. The quantitative estimate of drug-likeness (QED) is 0.225. The molecule has 0 radical (unpaired) electrons. The third kappa shape index (κ3) is 5.12. The van der Waals surface area contributed by atoms with Crippen molar-refractivity contribution in [1.29, 1.82) is 0 Å². The third-order valence-electron chi connectivity index (χ3n) is 5.87. The number of halogens is 4. The molecule has 3 aromatic carbocycles. The van der Waals surface area contributed by atoms with Crippen LogP contribution in [0.15, 0.2) is 66.2 Å². The molecule has 1 atom stereocenters. The second kappa shape index (κ2) is 10.3. The third-order valence-corrected chi connectivity index (χ3v) is 6.15. The zero-order valence-electron chi connectivity index (χ0n) is 20.3. The molecule has 1 amide bonds. The highest BCUT2D eigenvalue weighted by molar-refractivity contribution is 6.51. The normalized spacial score (nSPS) is 17.0. The maximum atomic E-state index is 13.4. The van der Waals surface area contributed by atoms with E-state index < -0.39 is 35.6 Å². The number of methoxy groups -OCH3 is 2. The van der Waals surface area contributed by atoms with Gasteiger partial charge in [-0.05, 0) is 66.6 Å². The van der Waals surface area contributed by atoms with Gasteiger partial charge in [-0.2, -0.15) is 0 Å². The van der Waals surface area contributed by atoms with Gasteiger partial charge >= 0.3 is 6.36 Å². The molecule has 4 rings (SSSR count). The SMILES string of the molecule is COc1ccc(C2/C(=C(\O)c3cc(C)cc(Cl)c3OC)C(=O)C(=O)N2c2ccc(OC(F)(F)F)cc2)cc1. The average Bonchev–Trinajstić information content (AvgIpc) is 3.13. The van der Waals surface area contributed by atoms with E-state index in [1.165, 1.54) is 26.4 Å². The summed E-state index contributed by atoms with van der Waals surface area (Å²) >= 11 is 6.30. The summed E-state index contributed by atoms with van der Waals surface area (Å²) in [6.45, 7) is 1.73. The molecule has 1 N–H and O–H groups in total. The summed E-state index contributed by atoms with van der Waals surface area (Å²) in [5.74, 6) is -2.41. The first-order chi connectivity index (χ1) is 17.9. The number of carbonyl (C=O) groups is 2. The molecule has 7 nitrogen and oxygen atoms in total. The van der Waals surface area contributed by atoms with Gasteiger partial charge in [-0.1, -0.05) is 23.7 Å². The molecule has 1 aliphatic heterocycles. The van der Waals surface area contributed by atoms with Crippen LogP contribution >= 0.6 is 11.6 Å². The number of nitrogens with zero attached hydrogens (tertiary/aromatic N) is 1. The lowest BCUT2D eigenvalue weighted by atomic mass is 9.94. The minimum Gasteiger partial charge on any atom is -0.507 e. The number of rotatable bonds is 6. The number of anilines is 1. The molecular weight excluding hydrogens is 527 g/mol. The first kappa shape index (κ1) is 26.9. The van der Waals surface area contributed by atoms with E-state index in [1.807, 2.05) is 0 Å². The number of amides is 1. The Morgan fingerprint density at radius 1 is 0.947 bits per heavy atom. The molecule has 1 heterocycles. The number of alkyl halides is 3. The first-order valence-electron chi connectivity index (χ1n) is 11.1. The lowest BCUT2D eigenvalue weighted by Crippen LogP contribution is -2.29. The second-order valence-corrected chi connectivity index (χ2v) is 8.72. The maximum absolute atomic E-state index is 13.4. The van der Waals surface area contributed by atoms with Crippen LogP contribution in [0.5, 0.6) is 17.2 Å². The topological polar surface area (TPSA) is 85.3 Å². The van der Waals surface area contributed by atoms with E-state index in [9.17, 15) is 27.9 Å². The Bertz CT molecular complexity index is 1420. The van der Waals surface area contributed by atoms with E-state index in [1.54, 1.807) is 43.3 Å². The van der Waals surface area contributed by atoms with E-state index >= 15 is 0 Å². The number of carbonyl (C=O) groups excluding carboxylic acids is 2. The Labute approximate surface area is 220 Å². The van der Waals surface area contributed by atoms with Gasteiger partial charge in [0.05, 0.1) is 36.4 Å². The van der Waals surface area contributed by atoms with Crippen molar-refractivity contribution in [2.45, 2.75) is 19.3 Å². The summed E-state index contributed by atoms with van der Waals surface area (Å²) in [6.07, 6.45) is -4.90. The van der Waals surface area contributed by atoms with E-state index in [-0.39, 0.29) is 27.6 Å². The molecule has 0 spiro atoms. The van der Waals surface area contributed by atoms with Crippen molar-refractivity contribution in [2.75, 3.05) is 19.1 Å². The van der Waals surface area contributed by atoms with Crippen molar-refractivity contribution in [1.82, 2.24) is 0 Å². The Kier molecular flexibility index (Phi) is 7.28. The lowest BCUT2D eigenvalue weighted by Gasteiger charge is -2.26. The van der Waals surface area contributed by atoms with Crippen LogP contribution in [0.1, 0.15) is 22.7 Å². The summed E-state index contributed by atoms with van der Waals surface area (Å²) in [5, 5.41) is 11.6. The molecule has 0 aliphatic carbocycles. The van der Waals surface area contributed by atoms with E-state index in [4.69, 9.17) is 21.1 Å². The number of aliphatic hydroxyl groups is 1. The molecule has 1 fully saturated rings. The van der Waals surface area contributed by atoms with Crippen LogP contribution in [0.25, 0.3) is 5.76 Å². The van der Waals surface area contributed by atoms with Gasteiger partial charge in [-0.25, -0.2) is 0 Å². The highest BCUT2D eigenvalue weighted by atomic mass is 35.5. The summed E-state index contributed by atoms with van der Waals surface area (Å²) in [5.41, 5.74) is 1.04. The van der Waals surface area contributed by atoms with Gasteiger partial charge in [0.2, 0.25) is 0 Å². The highest BCUT2D eigenvalue weighted by Gasteiger charge is 2.47. The van der Waals surface area contributed by atoms with Gasteiger partial charge in [0.25, 0.3) is 11.7 Å². The lowest BCUT2D eigenvalue weighted by molar-refractivity contribution is -0.274. The molecule has 3 aromatic rings. The number of Topliss-reactive ketones (excluding diaryl/α,β-unsaturated/α-hetero) is 1. The number of aryl methyl sites for hydroxylation is 1. The van der Waals surface area contributed by atoms with Crippen molar-refractivity contribution in [3.63, 3.8) is 0 Å². The van der Waals surface area contributed by atoms with Crippen molar-refractivity contribution in [3.05, 3.63) is 87.9 Å². The molecule has 38 heavy (non-hydrogen) atoms. The predicted molar refractivity (Wildman–Crippen MR) is 134 cm³/mol. The summed E-state index contributed by atoms with van der Waals surface area (Å²) in [4.78, 5) is 27.7. The van der Waals surface area contributed by atoms with Gasteiger partial charge in [-0.3, -0.25) is 14.5 Å². The number of ketones is 1. The number of ether oxygens (including phenoxy) is 3. The van der Waals surface area contributed by atoms with Crippen LogP contribution in [-0.4, -0.2) is 37.4 Å². The monoisotopic (exact) mass is 547 g/mol.